The Kier molecular flexibility index (Phi) is 4.71. The van der Waals surface area contributed by atoms with Crippen molar-refractivity contribution in [1.29, 1.82) is 0 Å². The van der Waals surface area contributed by atoms with Gasteiger partial charge in [0.2, 0.25) is 0 Å². The predicted molar refractivity (Wildman–Crippen MR) is 62.2 cm³/mol. The monoisotopic (exact) mass is 276 g/mol. The van der Waals surface area contributed by atoms with Gasteiger partial charge in [-0.2, -0.15) is 0 Å². The summed E-state index contributed by atoms with van der Waals surface area (Å²) in [7, 11) is 0. The molecule has 0 saturated heterocycles. The summed E-state index contributed by atoms with van der Waals surface area (Å²) < 4.78 is 26.2. The molecule has 15 heavy (non-hydrogen) atoms. The minimum absolute atomic E-state index is 0.203. The number of hydrogen-bond donors (Lipinski definition) is 0. The van der Waals surface area contributed by atoms with Crippen molar-refractivity contribution in [3.8, 4) is 0 Å². The SMILES string of the molecule is CC(C)CC(Br)Cc1cc(F)ccc1F. The highest BCUT2D eigenvalue weighted by atomic mass is 79.9. The third-order valence-corrected chi connectivity index (χ3v) is 2.87. The van der Waals surface area contributed by atoms with Crippen molar-refractivity contribution in [1.82, 2.24) is 0 Å². The average molecular weight is 277 g/mol. The van der Waals surface area contributed by atoms with E-state index in [1.54, 1.807) is 0 Å². The summed E-state index contributed by atoms with van der Waals surface area (Å²) >= 11 is 3.48. The average Bonchev–Trinajstić information content (AvgIpc) is 2.10. The Labute approximate surface area is 97.8 Å². The summed E-state index contributed by atoms with van der Waals surface area (Å²) in [5, 5.41) is 0. The van der Waals surface area contributed by atoms with E-state index in [1.807, 2.05) is 0 Å². The molecule has 0 heterocycles. The van der Waals surface area contributed by atoms with E-state index in [-0.39, 0.29) is 16.5 Å². The fourth-order valence-electron chi connectivity index (χ4n) is 1.53. The second-order valence-electron chi connectivity index (χ2n) is 4.17. The lowest BCUT2D eigenvalue weighted by molar-refractivity contribution is 0.550. The Morgan fingerprint density at radius 2 is 1.93 bits per heavy atom. The maximum absolute atomic E-state index is 13.3. The first kappa shape index (κ1) is 12.6. The van der Waals surface area contributed by atoms with Gasteiger partial charge in [0.05, 0.1) is 0 Å². The minimum Gasteiger partial charge on any atom is -0.207 e. The number of rotatable bonds is 4. The Bertz CT molecular complexity index is 323. The van der Waals surface area contributed by atoms with Crippen molar-refractivity contribution in [2.75, 3.05) is 0 Å². The maximum atomic E-state index is 13.3. The summed E-state index contributed by atoms with van der Waals surface area (Å²) in [4.78, 5) is 0.203. The Balaban J connectivity index is 2.67. The Hall–Kier alpha value is -0.440. The second-order valence-corrected chi connectivity index (χ2v) is 5.46. The van der Waals surface area contributed by atoms with Crippen molar-refractivity contribution >= 4 is 15.9 Å². The highest BCUT2D eigenvalue weighted by Gasteiger charge is 2.11. The molecule has 0 spiro atoms. The highest BCUT2D eigenvalue weighted by Crippen LogP contribution is 2.20. The zero-order valence-electron chi connectivity index (χ0n) is 8.93. The van der Waals surface area contributed by atoms with Gasteiger partial charge in [-0.05, 0) is 42.5 Å². The largest absolute Gasteiger partial charge is 0.207 e. The van der Waals surface area contributed by atoms with Gasteiger partial charge < -0.3 is 0 Å². The van der Waals surface area contributed by atoms with E-state index in [2.05, 4.69) is 29.8 Å². The Morgan fingerprint density at radius 1 is 1.27 bits per heavy atom. The van der Waals surface area contributed by atoms with Gasteiger partial charge in [0.1, 0.15) is 11.6 Å². The van der Waals surface area contributed by atoms with Gasteiger partial charge in [0.15, 0.2) is 0 Å². The predicted octanol–water partition coefficient (Wildman–Crippen LogP) is 4.32. The molecule has 0 aromatic heterocycles. The van der Waals surface area contributed by atoms with Gasteiger partial charge in [0, 0.05) is 4.83 Å². The zero-order valence-corrected chi connectivity index (χ0v) is 10.5. The molecule has 0 saturated carbocycles. The first-order valence-corrected chi connectivity index (χ1v) is 5.98. The normalized spacial score (nSPS) is 13.2. The zero-order chi connectivity index (χ0) is 11.4. The lowest BCUT2D eigenvalue weighted by atomic mass is 10.0. The van der Waals surface area contributed by atoms with Crippen LogP contribution < -0.4 is 0 Å². The molecule has 1 aromatic rings. The van der Waals surface area contributed by atoms with E-state index in [4.69, 9.17) is 0 Å². The molecule has 0 bridgehead atoms. The number of alkyl halides is 1. The summed E-state index contributed by atoms with van der Waals surface area (Å²) in [6.45, 7) is 4.21. The van der Waals surface area contributed by atoms with Crippen LogP contribution in [0, 0.1) is 17.6 Å². The van der Waals surface area contributed by atoms with E-state index in [0.717, 1.165) is 12.5 Å². The molecule has 1 unspecified atom stereocenters. The molecule has 1 aromatic carbocycles. The standard InChI is InChI=1S/C12H15BrF2/c1-8(2)5-10(13)6-9-7-11(14)3-4-12(9)15/h3-4,7-8,10H,5-6H2,1-2H3. The van der Waals surface area contributed by atoms with E-state index in [1.165, 1.54) is 12.1 Å². The molecule has 0 radical (unpaired) electrons. The van der Waals surface area contributed by atoms with Gasteiger partial charge >= 0.3 is 0 Å². The molecule has 0 aliphatic rings. The molecular weight excluding hydrogens is 262 g/mol. The van der Waals surface area contributed by atoms with Crippen LogP contribution in [-0.2, 0) is 6.42 Å². The van der Waals surface area contributed by atoms with Gasteiger partial charge in [0.25, 0.3) is 0 Å². The number of hydrogen-bond acceptors (Lipinski definition) is 0. The van der Waals surface area contributed by atoms with Crippen LogP contribution in [0.25, 0.3) is 0 Å². The molecule has 0 fully saturated rings. The fourth-order valence-corrected chi connectivity index (χ4v) is 2.63. The summed E-state index contributed by atoms with van der Waals surface area (Å²) in [6.07, 6.45) is 1.48. The maximum Gasteiger partial charge on any atom is 0.126 e. The molecule has 0 aliphatic heterocycles. The van der Waals surface area contributed by atoms with Crippen LogP contribution >= 0.6 is 15.9 Å². The molecule has 0 amide bonds. The van der Waals surface area contributed by atoms with Gasteiger partial charge in [-0.15, -0.1) is 0 Å². The molecule has 0 N–H and O–H groups in total. The van der Waals surface area contributed by atoms with Crippen LogP contribution in [0.5, 0.6) is 0 Å². The lowest BCUT2D eigenvalue weighted by Crippen LogP contribution is -2.08. The topological polar surface area (TPSA) is 0 Å². The second kappa shape index (κ2) is 5.59. The van der Waals surface area contributed by atoms with Gasteiger partial charge in [-0.1, -0.05) is 29.8 Å². The summed E-state index contributed by atoms with van der Waals surface area (Å²) in [6, 6.07) is 3.59. The number of halogens is 3. The Morgan fingerprint density at radius 3 is 2.53 bits per heavy atom. The van der Waals surface area contributed by atoms with Crippen LogP contribution in [0.1, 0.15) is 25.8 Å². The van der Waals surface area contributed by atoms with Crippen LogP contribution in [0.4, 0.5) is 8.78 Å². The highest BCUT2D eigenvalue weighted by molar-refractivity contribution is 9.09. The smallest absolute Gasteiger partial charge is 0.126 e. The minimum atomic E-state index is -0.379. The van der Waals surface area contributed by atoms with E-state index in [0.29, 0.717) is 17.9 Å². The molecule has 3 heteroatoms. The van der Waals surface area contributed by atoms with Crippen LogP contribution in [0.3, 0.4) is 0 Å². The van der Waals surface area contributed by atoms with E-state index in [9.17, 15) is 8.78 Å². The van der Waals surface area contributed by atoms with Crippen LogP contribution in [0.2, 0.25) is 0 Å². The fraction of sp³-hybridized carbons (Fsp3) is 0.500. The van der Waals surface area contributed by atoms with Gasteiger partial charge in [-0.3, -0.25) is 0 Å². The van der Waals surface area contributed by atoms with Crippen LogP contribution in [-0.4, -0.2) is 4.83 Å². The van der Waals surface area contributed by atoms with Crippen molar-refractivity contribution in [3.63, 3.8) is 0 Å². The lowest BCUT2D eigenvalue weighted by Gasteiger charge is -2.12. The molecular formula is C12H15BrF2. The summed E-state index contributed by atoms with van der Waals surface area (Å²) in [5.41, 5.74) is 0.442. The van der Waals surface area contributed by atoms with Crippen molar-refractivity contribution in [3.05, 3.63) is 35.4 Å². The molecule has 1 atom stereocenters. The molecule has 0 aliphatic carbocycles. The summed E-state index contributed by atoms with van der Waals surface area (Å²) in [5.74, 6) is -0.161. The molecule has 0 nitrogen and oxygen atoms in total. The van der Waals surface area contributed by atoms with Crippen molar-refractivity contribution < 1.29 is 8.78 Å². The van der Waals surface area contributed by atoms with E-state index >= 15 is 0 Å². The number of benzene rings is 1. The van der Waals surface area contributed by atoms with E-state index < -0.39 is 0 Å². The molecule has 84 valence electrons. The van der Waals surface area contributed by atoms with Crippen molar-refractivity contribution in [2.45, 2.75) is 31.5 Å². The third-order valence-electron chi connectivity index (χ3n) is 2.18. The van der Waals surface area contributed by atoms with Gasteiger partial charge in [-0.25, -0.2) is 8.78 Å². The molecule has 1 rings (SSSR count). The quantitative estimate of drug-likeness (QED) is 0.719. The van der Waals surface area contributed by atoms with Crippen LogP contribution in [0.15, 0.2) is 18.2 Å². The first-order chi connectivity index (χ1) is 6.99. The third kappa shape index (κ3) is 4.29. The first-order valence-electron chi connectivity index (χ1n) is 5.07. The van der Waals surface area contributed by atoms with Crippen molar-refractivity contribution in [2.24, 2.45) is 5.92 Å².